The zero-order valence-corrected chi connectivity index (χ0v) is 25.4. The first-order valence-electron chi connectivity index (χ1n) is 12.3. The minimum atomic E-state index is 0. The second kappa shape index (κ2) is 18.3. The fourth-order valence-electron chi connectivity index (χ4n) is 4.32. The maximum atomic E-state index is 2.99. The standard InChI is InChI=1S/C25H17.C6H5.C5H5.CH4.2ClH.Zr/c1-3-7-18(8-4-1)20-11-13-24-22(15-20)17-23-16-21(12-14-25(23)24)19-9-5-2-6-10-19;1-2-4-6-5-3-1;1-2-4-5-3-1;;;;/h1-17H;1-5H;1-3H,4H2;1H4;2*1H;/q3*-1;;;;+2/p-2. The van der Waals surface area contributed by atoms with Crippen LogP contribution < -0.4 is 24.8 Å². The first kappa shape index (κ1) is 34.9. The van der Waals surface area contributed by atoms with Gasteiger partial charge in [-0.05, 0) is 11.1 Å². The molecule has 0 amide bonds. The largest absolute Gasteiger partial charge is 2.00 e. The fourth-order valence-corrected chi connectivity index (χ4v) is 4.32. The number of hydrogen-bond acceptors (Lipinski definition) is 0. The van der Waals surface area contributed by atoms with Gasteiger partial charge in [0, 0.05) is 0 Å². The Kier molecular flexibility index (Phi) is 16.0. The summed E-state index contributed by atoms with van der Waals surface area (Å²) in [5.41, 5.74) is 5.07. The van der Waals surface area contributed by atoms with Crippen LogP contribution >= 0.6 is 0 Å². The molecule has 6 aromatic rings. The molecule has 0 N–H and O–H groups in total. The van der Waals surface area contributed by atoms with Crippen molar-refractivity contribution in [1.29, 1.82) is 0 Å². The van der Waals surface area contributed by atoms with Gasteiger partial charge < -0.3 is 24.8 Å². The van der Waals surface area contributed by atoms with Crippen LogP contribution in [0.3, 0.4) is 0 Å². The van der Waals surface area contributed by atoms with Gasteiger partial charge in [0.15, 0.2) is 0 Å². The molecule has 0 saturated heterocycles. The van der Waals surface area contributed by atoms with E-state index in [9.17, 15) is 0 Å². The van der Waals surface area contributed by atoms with Crippen LogP contribution in [0.15, 0.2) is 152 Å². The molecule has 0 aromatic heterocycles. The maximum Gasteiger partial charge on any atom is 2.00 e. The van der Waals surface area contributed by atoms with Crippen LogP contribution in [0.5, 0.6) is 0 Å². The fraction of sp³-hybridized carbons (Fsp3) is 0.0541. The number of fused-ring (bicyclic) bond motifs is 3. The van der Waals surface area contributed by atoms with E-state index in [1.165, 1.54) is 43.8 Å². The first-order chi connectivity index (χ1) is 17.9. The van der Waals surface area contributed by atoms with Crippen molar-refractivity contribution in [2.75, 3.05) is 0 Å². The summed E-state index contributed by atoms with van der Waals surface area (Å²) >= 11 is 0. The van der Waals surface area contributed by atoms with Gasteiger partial charge in [0.1, 0.15) is 0 Å². The minimum Gasteiger partial charge on any atom is -1.00 e. The van der Waals surface area contributed by atoms with Crippen molar-refractivity contribution in [2.24, 2.45) is 0 Å². The Hall–Kier alpha value is -3.09. The van der Waals surface area contributed by atoms with E-state index in [0.717, 1.165) is 6.42 Å². The van der Waals surface area contributed by atoms with Gasteiger partial charge in [-0.1, -0.05) is 103 Å². The van der Waals surface area contributed by atoms with Gasteiger partial charge in [-0.25, -0.2) is 12.2 Å². The van der Waals surface area contributed by atoms with E-state index in [4.69, 9.17) is 0 Å². The molecule has 40 heavy (non-hydrogen) atoms. The molecule has 0 heterocycles. The average molecular weight is 638 g/mol. The Bertz CT molecular complexity index is 1450. The van der Waals surface area contributed by atoms with Gasteiger partial charge in [-0.3, -0.25) is 6.08 Å². The second-order valence-corrected chi connectivity index (χ2v) is 8.56. The summed E-state index contributed by atoms with van der Waals surface area (Å²) in [6.07, 6.45) is 10.0. The third kappa shape index (κ3) is 9.24. The quantitative estimate of drug-likeness (QED) is 0.246. The molecular formula is C37H31Cl2Zr-3. The first-order valence-corrected chi connectivity index (χ1v) is 12.3. The monoisotopic (exact) mass is 635 g/mol. The van der Waals surface area contributed by atoms with Crippen molar-refractivity contribution in [3.8, 4) is 22.3 Å². The van der Waals surface area contributed by atoms with Crippen molar-refractivity contribution in [3.63, 3.8) is 0 Å². The third-order valence-electron chi connectivity index (χ3n) is 6.11. The van der Waals surface area contributed by atoms with E-state index in [1.807, 2.05) is 42.5 Å². The smallest absolute Gasteiger partial charge is 1.00 e. The van der Waals surface area contributed by atoms with Crippen LogP contribution in [0, 0.1) is 12.1 Å². The predicted octanol–water partition coefficient (Wildman–Crippen LogP) is 4.48. The molecule has 0 saturated carbocycles. The molecule has 0 radical (unpaired) electrons. The minimum absolute atomic E-state index is 0. The third-order valence-corrected chi connectivity index (χ3v) is 6.11. The Morgan fingerprint density at radius 3 is 1.35 bits per heavy atom. The summed E-state index contributed by atoms with van der Waals surface area (Å²) in [6.45, 7) is 0. The number of rotatable bonds is 2. The van der Waals surface area contributed by atoms with Crippen LogP contribution in [0.25, 0.3) is 43.8 Å². The number of benzene rings is 5. The van der Waals surface area contributed by atoms with Gasteiger partial charge in [-0.2, -0.15) is 42.5 Å². The molecule has 1 aliphatic carbocycles. The SMILES string of the molecule is C.[C-]1=CC=CC1.[Cl-].[Cl-].[Zr+2].[c-]1ccccc1.c1ccc(-c2ccc3c(c2)[cH-]c2cc(-c4ccccc4)ccc23)cc1. The van der Waals surface area contributed by atoms with E-state index >= 15 is 0 Å². The average Bonchev–Trinajstić information content (AvgIpc) is 3.67. The molecule has 0 aliphatic heterocycles. The molecule has 6 aromatic carbocycles. The Balaban J connectivity index is 0.000000451. The van der Waals surface area contributed by atoms with Gasteiger partial charge in [0.05, 0.1) is 0 Å². The molecular weight excluding hydrogens is 607 g/mol. The number of hydrogen-bond donors (Lipinski definition) is 0. The molecule has 200 valence electrons. The molecule has 0 nitrogen and oxygen atoms in total. The summed E-state index contributed by atoms with van der Waals surface area (Å²) in [5.74, 6) is 0. The van der Waals surface area contributed by atoms with Crippen molar-refractivity contribution in [2.45, 2.75) is 13.8 Å². The van der Waals surface area contributed by atoms with Crippen molar-refractivity contribution < 1.29 is 51.0 Å². The van der Waals surface area contributed by atoms with Crippen LogP contribution in [0.2, 0.25) is 0 Å². The molecule has 0 unspecified atom stereocenters. The van der Waals surface area contributed by atoms with E-state index < -0.39 is 0 Å². The van der Waals surface area contributed by atoms with E-state index in [0.29, 0.717) is 0 Å². The zero-order valence-electron chi connectivity index (χ0n) is 21.4. The summed E-state index contributed by atoms with van der Waals surface area (Å²) in [4.78, 5) is 0. The molecule has 0 bridgehead atoms. The molecule has 7 rings (SSSR count). The van der Waals surface area contributed by atoms with E-state index in [-0.39, 0.29) is 58.4 Å². The summed E-state index contributed by atoms with van der Waals surface area (Å²) < 4.78 is 0. The summed E-state index contributed by atoms with van der Waals surface area (Å²) in [5, 5.41) is 5.27. The Morgan fingerprint density at radius 2 is 1.02 bits per heavy atom. The molecule has 0 atom stereocenters. The van der Waals surface area contributed by atoms with Crippen LogP contribution in [0.4, 0.5) is 0 Å². The Morgan fingerprint density at radius 1 is 0.550 bits per heavy atom. The summed E-state index contributed by atoms with van der Waals surface area (Å²) in [6, 6.07) is 49.5. The topological polar surface area (TPSA) is 0 Å². The van der Waals surface area contributed by atoms with Crippen molar-refractivity contribution in [1.82, 2.24) is 0 Å². The van der Waals surface area contributed by atoms with Crippen LogP contribution in [-0.4, -0.2) is 0 Å². The molecule has 3 heteroatoms. The Labute approximate surface area is 270 Å². The van der Waals surface area contributed by atoms with Crippen molar-refractivity contribution in [3.05, 3.63) is 164 Å². The second-order valence-electron chi connectivity index (χ2n) is 8.56. The van der Waals surface area contributed by atoms with Gasteiger partial charge in [0.2, 0.25) is 0 Å². The summed E-state index contributed by atoms with van der Waals surface area (Å²) in [7, 11) is 0. The number of allylic oxidation sites excluding steroid dienone is 4. The van der Waals surface area contributed by atoms with E-state index in [1.54, 1.807) is 0 Å². The maximum absolute atomic E-state index is 2.99. The zero-order chi connectivity index (χ0) is 24.4. The van der Waals surface area contributed by atoms with E-state index in [2.05, 4.69) is 121 Å². The van der Waals surface area contributed by atoms with Crippen molar-refractivity contribution >= 4 is 21.5 Å². The number of halogens is 2. The van der Waals surface area contributed by atoms with Crippen LogP contribution in [-0.2, 0) is 26.2 Å². The van der Waals surface area contributed by atoms with Crippen LogP contribution in [0.1, 0.15) is 13.8 Å². The van der Waals surface area contributed by atoms with Gasteiger partial charge in [-0.15, -0.1) is 46.2 Å². The van der Waals surface area contributed by atoms with Gasteiger partial charge in [0.25, 0.3) is 0 Å². The predicted molar refractivity (Wildman–Crippen MR) is 161 cm³/mol. The molecule has 1 aliphatic rings. The molecule has 0 fully saturated rings. The van der Waals surface area contributed by atoms with Gasteiger partial charge >= 0.3 is 26.2 Å². The normalized spacial score (nSPS) is 10.4. The molecule has 0 spiro atoms.